The first kappa shape index (κ1) is 21.6. The van der Waals surface area contributed by atoms with Crippen molar-refractivity contribution in [2.24, 2.45) is 0 Å². The molecule has 1 amide bonds. The zero-order valence-electron chi connectivity index (χ0n) is 18.9. The minimum atomic E-state index is -1.02. The molecule has 0 saturated carbocycles. The van der Waals surface area contributed by atoms with Gasteiger partial charge in [-0.25, -0.2) is 4.98 Å². The molecule has 0 aliphatic carbocycles. The van der Waals surface area contributed by atoms with Gasteiger partial charge in [-0.05, 0) is 80.3 Å². The van der Waals surface area contributed by atoms with E-state index in [1.54, 1.807) is 13.8 Å². The molecule has 0 aliphatic heterocycles. The number of hydrogen-bond acceptors (Lipinski definition) is 4. The molecule has 0 spiro atoms. The molecular formula is C27H28N2O3. The first-order valence-corrected chi connectivity index (χ1v) is 10.9. The Kier molecular flexibility index (Phi) is 5.99. The van der Waals surface area contributed by atoms with Crippen LogP contribution in [0.5, 0.6) is 5.75 Å². The van der Waals surface area contributed by atoms with E-state index in [4.69, 9.17) is 9.15 Å². The van der Waals surface area contributed by atoms with Crippen LogP contribution in [-0.2, 0) is 4.79 Å². The van der Waals surface area contributed by atoms with Crippen molar-refractivity contribution in [2.75, 3.05) is 5.32 Å². The lowest BCUT2D eigenvalue weighted by molar-refractivity contribution is -0.128. The number of fused-ring (bicyclic) bond motifs is 1. The van der Waals surface area contributed by atoms with E-state index in [1.807, 2.05) is 60.7 Å². The molecule has 0 saturated heterocycles. The number of aromatic nitrogens is 1. The third-order valence-corrected chi connectivity index (χ3v) is 5.65. The van der Waals surface area contributed by atoms with Gasteiger partial charge in [-0.2, -0.15) is 0 Å². The van der Waals surface area contributed by atoms with Crippen LogP contribution in [-0.4, -0.2) is 16.5 Å². The number of nitrogens with one attached hydrogen (secondary N) is 1. The Hall–Kier alpha value is -3.60. The molecule has 1 heterocycles. The normalized spacial score (nSPS) is 12.5. The summed E-state index contributed by atoms with van der Waals surface area (Å²) in [5.74, 6) is 1.47. The van der Waals surface area contributed by atoms with Crippen molar-refractivity contribution in [2.45, 2.75) is 45.6 Å². The molecule has 1 N–H and O–H groups in total. The summed E-state index contributed by atoms with van der Waals surface area (Å²) in [6.07, 6.45) is 1.08. The van der Waals surface area contributed by atoms with Crippen molar-refractivity contribution < 1.29 is 13.9 Å². The van der Waals surface area contributed by atoms with Crippen molar-refractivity contribution >= 4 is 22.7 Å². The zero-order chi connectivity index (χ0) is 22.7. The summed E-state index contributed by atoms with van der Waals surface area (Å²) in [4.78, 5) is 17.4. The van der Waals surface area contributed by atoms with E-state index < -0.39 is 5.60 Å². The van der Waals surface area contributed by atoms with E-state index in [2.05, 4.69) is 36.3 Å². The van der Waals surface area contributed by atoms with Gasteiger partial charge in [0, 0.05) is 11.3 Å². The Labute approximate surface area is 188 Å². The first-order chi connectivity index (χ1) is 15.4. The van der Waals surface area contributed by atoms with Gasteiger partial charge in [0.15, 0.2) is 11.2 Å². The van der Waals surface area contributed by atoms with Gasteiger partial charge >= 0.3 is 0 Å². The van der Waals surface area contributed by atoms with Crippen molar-refractivity contribution in [3.05, 3.63) is 78.4 Å². The van der Waals surface area contributed by atoms with Crippen LogP contribution in [0.25, 0.3) is 22.6 Å². The Balaban J connectivity index is 1.47. The number of rotatable bonds is 7. The molecule has 164 valence electrons. The van der Waals surface area contributed by atoms with Gasteiger partial charge in [0.1, 0.15) is 11.3 Å². The molecule has 1 atom stereocenters. The number of benzene rings is 3. The second-order valence-corrected chi connectivity index (χ2v) is 8.51. The molecule has 32 heavy (non-hydrogen) atoms. The number of para-hydroxylation sites is 1. The first-order valence-electron chi connectivity index (χ1n) is 10.9. The fraction of sp³-hybridized carbons (Fsp3) is 0.259. The lowest BCUT2D eigenvalue weighted by Gasteiger charge is -2.25. The summed E-state index contributed by atoms with van der Waals surface area (Å²) in [6.45, 7) is 7.88. The van der Waals surface area contributed by atoms with E-state index >= 15 is 0 Å². The van der Waals surface area contributed by atoms with E-state index in [1.165, 1.54) is 5.56 Å². The number of carbonyl (C=O) groups is 1. The topological polar surface area (TPSA) is 64.4 Å². The maximum Gasteiger partial charge on any atom is 0.267 e. The minimum absolute atomic E-state index is 0.228. The van der Waals surface area contributed by atoms with Gasteiger partial charge in [-0.1, -0.05) is 38.1 Å². The average molecular weight is 429 g/mol. The highest BCUT2D eigenvalue weighted by Crippen LogP contribution is 2.29. The predicted molar refractivity (Wildman–Crippen MR) is 128 cm³/mol. The third kappa shape index (κ3) is 4.67. The maximum absolute atomic E-state index is 12.8. The van der Waals surface area contributed by atoms with Crippen LogP contribution in [0.15, 0.2) is 77.2 Å². The van der Waals surface area contributed by atoms with Crippen LogP contribution in [0.1, 0.15) is 45.6 Å². The summed E-state index contributed by atoms with van der Waals surface area (Å²) in [5, 5.41) is 2.92. The second kappa shape index (κ2) is 8.87. The minimum Gasteiger partial charge on any atom is -0.478 e. The van der Waals surface area contributed by atoms with Crippen LogP contribution in [0.2, 0.25) is 0 Å². The summed E-state index contributed by atoms with van der Waals surface area (Å²) < 4.78 is 11.8. The molecule has 0 fully saturated rings. The summed E-state index contributed by atoms with van der Waals surface area (Å²) >= 11 is 0. The number of anilines is 1. The van der Waals surface area contributed by atoms with Crippen molar-refractivity contribution in [3.63, 3.8) is 0 Å². The Morgan fingerprint density at radius 2 is 1.78 bits per heavy atom. The van der Waals surface area contributed by atoms with Gasteiger partial charge in [-0.3, -0.25) is 4.79 Å². The zero-order valence-corrected chi connectivity index (χ0v) is 18.9. The number of nitrogens with zero attached hydrogens (tertiary/aromatic N) is 1. The lowest BCUT2D eigenvalue weighted by atomic mass is 9.98. The fourth-order valence-corrected chi connectivity index (χ4v) is 3.42. The summed E-state index contributed by atoms with van der Waals surface area (Å²) in [7, 11) is 0. The van der Waals surface area contributed by atoms with Gasteiger partial charge in [-0.15, -0.1) is 0 Å². The average Bonchev–Trinajstić information content (AvgIpc) is 3.22. The Morgan fingerprint density at radius 1 is 1.06 bits per heavy atom. The van der Waals surface area contributed by atoms with Crippen LogP contribution < -0.4 is 10.1 Å². The summed E-state index contributed by atoms with van der Waals surface area (Å²) in [6, 6.07) is 23.0. The number of ether oxygens (including phenoxy) is 1. The Bertz CT molecular complexity index is 1210. The second-order valence-electron chi connectivity index (χ2n) is 8.51. The van der Waals surface area contributed by atoms with Crippen molar-refractivity contribution in [1.82, 2.24) is 4.98 Å². The molecule has 5 heteroatoms. The number of amides is 1. The van der Waals surface area contributed by atoms with Gasteiger partial charge in [0.2, 0.25) is 5.89 Å². The molecule has 0 aliphatic rings. The number of oxazole rings is 1. The van der Waals surface area contributed by atoms with Crippen LogP contribution in [0.3, 0.4) is 0 Å². The third-order valence-electron chi connectivity index (χ3n) is 5.65. The van der Waals surface area contributed by atoms with Gasteiger partial charge in [0.05, 0.1) is 0 Å². The molecule has 1 unspecified atom stereocenters. The van der Waals surface area contributed by atoms with E-state index in [-0.39, 0.29) is 5.91 Å². The van der Waals surface area contributed by atoms with E-state index in [0.29, 0.717) is 23.2 Å². The molecule has 5 nitrogen and oxygen atoms in total. The van der Waals surface area contributed by atoms with E-state index in [0.717, 1.165) is 23.1 Å². The highest BCUT2D eigenvalue weighted by molar-refractivity contribution is 5.97. The molecule has 4 rings (SSSR count). The predicted octanol–water partition coefficient (Wildman–Crippen LogP) is 6.80. The monoisotopic (exact) mass is 428 g/mol. The molecule has 4 aromatic rings. The van der Waals surface area contributed by atoms with Crippen molar-refractivity contribution in [1.29, 1.82) is 0 Å². The standard InChI is InChI=1S/C27H28N2O3/c1-5-18(2)20-13-16-24-23(17-20)29-25(31-24)19-11-14-21(15-12-19)28-26(30)27(3,4)32-22-9-7-6-8-10-22/h6-18H,5H2,1-4H3,(H,28,30). The van der Waals surface area contributed by atoms with E-state index in [9.17, 15) is 4.79 Å². The van der Waals surface area contributed by atoms with Crippen LogP contribution >= 0.6 is 0 Å². The van der Waals surface area contributed by atoms with Crippen molar-refractivity contribution in [3.8, 4) is 17.2 Å². The Morgan fingerprint density at radius 3 is 2.47 bits per heavy atom. The number of hydrogen-bond donors (Lipinski definition) is 1. The fourth-order valence-electron chi connectivity index (χ4n) is 3.42. The lowest BCUT2D eigenvalue weighted by Crippen LogP contribution is -2.42. The molecule has 3 aromatic carbocycles. The highest BCUT2D eigenvalue weighted by Gasteiger charge is 2.30. The quantitative estimate of drug-likeness (QED) is 0.351. The summed E-state index contributed by atoms with van der Waals surface area (Å²) in [5.41, 5.74) is 3.40. The van der Waals surface area contributed by atoms with Crippen LogP contribution in [0, 0.1) is 0 Å². The smallest absolute Gasteiger partial charge is 0.267 e. The highest BCUT2D eigenvalue weighted by atomic mass is 16.5. The number of carbonyl (C=O) groups excluding carboxylic acids is 1. The largest absolute Gasteiger partial charge is 0.478 e. The molecule has 1 aromatic heterocycles. The molecule has 0 bridgehead atoms. The van der Waals surface area contributed by atoms with Gasteiger partial charge < -0.3 is 14.5 Å². The molecular weight excluding hydrogens is 400 g/mol. The van der Waals surface area contributed by atoms with Gasteiger partial charge in [0.25, 0.3) is 5.91 Å². The maximum atomic E-state index is 12.8. The van der Waals surface area contributed by atoms with Crippen LogP contribution in [0.4, 0.5) is 5.69 Å². The molecule has 0 radical (unpaired) electrons. The SMILES string of the molecule is CCC(C)c1ccc2oc(-c3ccc(NC(=O)C(C)(C)Oc4ccccc4)cc3)nc2c1.